The number of hydrogen-bond acceptors (Lipinski definition) is 4. The third-order valence-corrected chi connectivity index (χ3v) is 6.18. The summed E-state index contributed by atoms with van der Waals surface area (Å²) in [5, 5.41) is 3.28. The lowest BCUT2D eigenvalue weighted by Crippen LogP contribution is -2.33. The lowest BCUT2D eigenvalue weighted by atomic mass is 10.1. The standard InChI is InChI=1S/C14H26N2O2S2/c1-4-7-12(6-3)16-20(17,18)14-9-8-13(19-14)11-15-10-5-2/h8-9,12,15-16H,4-7,10-11H2,1-3H3. The van der Waals surface area contributed by atoms with Crippen molar-refractivity contribution in [3.63, 3.8) is 0 Å². The molecule has 0 aliphatic rings. The molecule has 4 nitrogen and oxygen atoms in total. The van der Waals surface area contributed by atoms with Crippen molar-refractivity contribution in [1.82, 2.24) is 10.0 Å². The number of rotatable bonds is 10. The van der Waals surface area contributed by atoms with Crippen LogP contribution in [0.15, 0.2) is 16.3 Å². The van der Waals surface area contributed by atoms with Crippen LogP contribution in [-0.2, 0) is 16.6 Å². The Hall–Kier alpha value is -0.430. The minimum Gasteiger partial charge on any atom is -0.312 e. The van der Waals surface area contributed by atoms with E-state index in [0.717, 1.165) is 43.6 Å². The molecule has 0 aliphatic heterocycles. The highest BCUT2D eigenvalue weighted by Gasteiger charge is 2.20. The first-order valence-electron chi connectivity index (χ1n) is 7.35. The fourth-order valence-electron chi connectivity index (χ4n) is 1.96. The molecule has 0 bridgehead atoms. The molecule has 1 atom stereocenters. The van der Waals surface area contributed by atoms with Crippen LogP contribution in [0.4, 0.5) is 0 Å². The molecule has 0 saturated carbocycles. The molecule has 20 heavy (non-hydrogen) atoms. The van der Waals surface area contributed by atoms with Crippen molar-refractivity contribution in [3.8, 4) is 0 Å². The first kappa shape index (κ1) is 17.6. The summed E-state index contributed by atoms with van der Waals surface area (Å²) in [7, 11) is -3.36. The molecule has 1 unspecified atom stereocenters. The Morgan fingerprint density at radius 3 is 2.55 bits per heavy atom. The van der Waals surface area contributed by atoms with E-state index in [-0.39, 0.29) is 6.04 Å². The van der Waals surface area contributed by atoms with Crippen LogP contribution in [-0.4, -0.2) is 21.0 Å². The van der Waals surface area contributed by atoms with Gasteiger partial charge in [0.25, 0.3) is 0 Å². The predicted octanol–water partition coefficient (Wildman–Crippen LogP) is 3.10. The highest BCUT2D eigenvalue weighted by Crippen LogP contribution is 2.22. The molecule has 0 fully saturated rings. The van der Waals surface area contributed by atoms with Gasteiger partial charge in [0.1, 0.15) is 4.21 Å². The van der Waals surface area contributed by atoms with E-state index in [1.807, 2.05) is 13.0 Å². The lowest BCUT2D eigenvalue weighted by molar-refractivity contribution is 0.513. The van der Waals surface area contributed by atoms with E-state index < -0.39 is 10.0 Å². The second-order valence-corrected chi connectivity index (χ2v) is 8.02. The molecule has 1 aromatic heterocycles. The molecule has 1 heterocycles. The van der Waals surface area contributed by atoms with Crippen LogP contribution in [0, 0.1) is 0 Å². The lowest BCUT2D eigenvalue weighted by Gasteiger charge is -2.15. The molecule has 0 aromatic carbocycles. The predicted molar refractivity (Wildman–Crippen MR) is 85.6 cm³/mol. The van der Waals surface area contributed by atoms with Gasteiger partial charge >= 0.3 is 0 Å². The molecule has 0 spiro atoms. The Morgan fingerprint density at radius 2 is 1.95 bits per heavy atom. The first-order valence-corrected chi connectivity index (χ1v) is 9.65. The summed E-state index contributed by atoms with van der Waals surface area (Å²) in [6.07, 6.45) is 3.76. The summed E-state index contributed by atoms with van der Waals surface area (Å²) >= 11 is 1.35. The van der Waals surface area contributed by atoms with Crippen molar-refractivity contribution < 1.29 is 8.42 Å². The SMILES string of the molecule is CCCNCc1ccc(S(=O)(=O)NC(CC)CCC)s1. The van der Waals surface area contributed by atoms with Gasteiger partial charge in [0, 0.05) is 17.5 Å². The largest absolute Gasteiger partial charge is 0.312 e. The summed E-state index contributed by atoms with van der Waals surface area (Å²) in [6.45, 7) is 7.88. The Kier molecular flexibility index (Phi) is 7.72. The zero-order valence-electron chi connectivity index (χ0n) is 12.6. The van der Waals surface area contributed by atoms with Crippen molar-refractivity contribution in [2.75, 3.05) is 6.54 Å². The van der Waals surface area contributed by atoms with Crippen LogP contribution in [0.2, 0.25) is 0 Å². The van der Waals surface area contributed by atoms with Gasteiger partial charge < -0.3 is 5.32 Å². The highest BCUT2D eigenvalue weighted by molar-refractivity contribution is 7.91. The van der Waals surface area contributed by atoms with E-state index >= 15 is 0 Å². The number of sulfonamides is 1. The Balaban J connectivity index is 2.67. The van der Waals surface area contributed by atoms with Crippen LogP contribution in [0.5, 0.6) is 0 Å². The molecule has 0 saturated heterocycles. The minimum atomic E-state index is -3.36. The van der Waals surface area contributed by atoms with Gasteiger partial charge in [-0.25, -0.2) is 13.1 Å². The van der Waals surface area contributed by atoms with Gasteiger partial charge in [-0.1, -0.05) is 27.2 Å². The van der Waals surface area contributed by atoms with Gasteiger partial charge in [0.15, 0.2) is 0 Å². The van der Waals surface area contributed by atoms with E-state index in [9.17, 15) is 8.42 Å². The molecule has 2 N–H and O–H groups in total. The average molecular weight is 319 g/mol. The molecule has 0 amide bonds. The quantitative estimate of drug-likeness (QED) is 0.652. The Morgan fingerprint density at radius 1 is 1.20 bits per heavy atom. The van der Waals surface area contributed by atoms with E-state index in [4.69, 9.17) is 0 Å². The molecule has 116 valence electrons. The van der Waals surface area contributed by atoms with E-state index in [2.05, 4.69) is 23.9 Å². The molecule has 1 rings (SSSR count). The van der Waals surface area contributed by atoms with Crippen LogP contribution in [0.3, 0.4) is 0 Å². The number of thiophene rings is 1. The summed E-state index contributed by atoms with van der Waals surface area (Å²) in [6, 6.07) is 3.63. The maximum atomic E-state index is 12.3. The second-order valence-electron chi connectivity index (χ2n) is 4.91. The van der Waals surface area contributed by atoms with Crippen molar-refractivity contribution in [2.45, 2.75) is 63.3 Å². The summed E-state index contributed by atoms with van der Waals surface area (Å²) < 4.78 is 27.8. The van der Waals surface area contributed by atoms with E-state index in [1.54, 1.807) is 6.07 Å². The summed E-state index contributed by atoms with van der Waals surface area (Å²) in [4.78, 5) is 1.06. The second kappa shape index (κ2) is 8.77. The first-order chi connectivity index (χ1) is 9.53. The Labute approximate surface area is 127 Å². The number of nitrogens with one attached hydrogen (secondary N) is 2. The topological polar surface area (TPSA) is 58.2 Å². The molecule has 0 aliphatic carbocycles. The molecular weight excluding hydrogens is 292 g/mol. The zero-order chi connectivity index (χ0) is 15.0. The molecular formula is C14H26N2O2S2. The van der Waals surface area contributed by atoms with Crippen molar-refractivity contribution in [2.24, 2.45) is 0 Å². The average Bonchev–Trinajstić information content (AvgIpc) is 2.88. The maximum Gasteiger partial charge on any atom is 0.250 e. The summed E-state index contributed by atoms with van der Waals surface area (Å²) in [5.74, 6) is 0. The normalized spacial score (nSPS) is 13.6. The highest BCUT2D eigenvalue weighted by atomic mass is 32.2. The van der Waals surface area contributed by atoms with E-state index in [1.165, 1.54) is 11.3 Å². The van der Waals surface area contributed by atoms with Crippen molar-refractivity contribution >= 4 is 21.4 Å². The maximum absolute atomic E-state index is 12.3. The van der Waals surface area contributed by atoms with Gasteiger partial charge in [-0.05, 0) is 37.9 Å². The molecule has 6 heteroatoms. The molecule has 1 aromatic rings. The third kappa shape index (κ3) is 5.52. The Bertz CT molecular complexity index is 483. The monoisotopic (exact) mass is 318 g/mol. The van der Waals surface area contributed by atoms with Crippen molar-refractivity contribution in [3.05, 3.63) is 17.0 Å². The third-order valence-electron chi connectivity index (χ3n) is 3.08. The van der Waals surface area contributed by atoms with Crippen LogP contribution < -0.4 is 10.0 Å². The van der Waals surface area contributed by atoms with Gasteiger partial charge in [-0.2, -0.15) is 0 Å². The fraction of sp³-hybridized carbons (Fsp3) is 0.714. The van der Waals surface area contributed by atoms with Gasteiger partial charge in [-0.3, -0.25) is 0 Å². The molecule has 0 radical (unpaired) electrons. The fourth-order valence-corrected chi connectivity index (χ4v) is 4.65. The smallest absolute Gasteiger partial charge is 0.250 e. The van der Waals surface area contributed by atoms with Crippen LogP contribution >= 0.6 is 11.3 Å². The van der Waals surface area contributed by atoms with E-state index in [0.29, 0.717) is 4.21 Å². The summed E-state index contributed by atoms with van der Waals surface area (Å²) in [5.41, 5.74) is 0. The van der Waals surface area contributed by atoms with Gasteiger partial charge in [0.2, 0.25) is 10.0 Å². The van der Waals surface area contributed by atoms with Crippen LogP contribution in [0.1, 0.15) is 51.3 Å². The van der Waals surface area contributed by atoms with Crippen molar-refractivity contribution in [1.29, 1.82) is 0 Å². The minimum absolute atomic E-state index is 0.0359. The van der Waals surface area contributed by atoms with Gasteiger partial charge in [0.05, 0.1) is 0 Å². The number of hydrogen-bond donors (Lipinski definition) is 2. The zero-order valence-corrected chi connectivity index (χ0v) is 14.2. The van der Waals surface area contributed by atoms with Crippen LogP contribution in [0.25, 0.3) is 0 Å². The van der Waals surface area contributed by atoms with Gasteiger partial charge in [-0.15, -0.1) is 11.3 Å².